The molecule has 0 aliphatic carbocycles. The van der Waals surface area contributed by atoms with Crippen molar-refractivity contribution in [2.45, 2.75) is 32.7 Å². The van der Waals surface area contributed by atoms with E-state index in [2.05, 4.69) is 30.8 Å². The molecule has 0 saturated carbocycles. The van der Waals surface area contributed by atoms with Crippen LogP contribution in [0.2, 0.25) is 0 Å². The molecule has 0 aromatic carbocycles. The molecule has 0 aromatic heterocycles. The van der Waals surface area contributed by atoms with Crippen LogP contribution in [0.4, 0.5) is 0 Å². The average Bonchev–Trinajstić information content (AvgIpc) is 2.32. The standard InChI is InChI=1S/C8H16N2O/c1-8(2,3)10-5-4-7(6-10)9-11/h11H,4-6H2,1-3H3/b9-7-. The highest BCUT2D eigenvalue weighted by atomic mass is 16.4. The summed E-state index contributed by atoms with van der Waals surface area (Å²) in [6, 6.07) is 0. The van der Waals surface area contributed by atoms with Crippen molar-refractivity contribution in [1.82, 2.24) is 4.90 Å². The third-order valence-corrected chi connectivity index (χ3v) is 2.13. The molecule has 1 fully saturated rings. The second kappa shape index (κ2) is 2.81. The van der Waals surface area contributed by atoms with Crippen LogP contribution in [-0.2, 0) is 0 Å². The van der Waals surface area contributed by atoms with Gasteiger partial charge >= 0.3 is 0 Å². The predicted octanol–water partition coefficient (Wildman–Crippen LogP) is 1.32. The molecule has 3 nitrogen and oxygen atoms in total. The van der Waals surface area contributed by atoms with Crippen LogP contribution in [0.25, 0.3) is 0 Å². The third-order valence-electron chi connectivity index (χ3n) is 2.13. The van der Waals surface area contributed by atoms with Gasteiger partial charge in [-0.3, -0.25) is 4.90 Å². The Morgan fingerprint density at radius 3 is 2.36 bits per heavy atom. The quantitative estimate of drug-likeness (QED) is 0.424. The summed E-state index contributed by atoms with van der Waals surface area (Å²) in [6.45, 7) is 8.36. The first kappa shape index (κ1) is 8.53. The first-order valence-corrected chi connectivity index (χ1v) is 3.99. The molecule has 1 aliphatic heterocycles. The first-order chi connectivity index (χ1) is 5.04. The molecule has 1 heterocycles. The van der Waals surface area contributed by atoms with Crippen molar-refractivity contribution in [1.29, 1.82) is 0 Å². The van der Waals surface area contributed by atoms with E-state index in [-0.39, 0.29) is 5.54 Å². The van der Waals surface area contributed by atoms with Crippen LogP contribution >= 0.6 is 0 Å². The summed E-state index contributed by atoms with van der Waals surface area (Å²) in [5, 5.41) is 11.7. The second-order valence-corrected chi connectivity index (χ2v) is 4.01. The maximum Gasteiger partial charge on any atom is 0.0723 e. The van der Waals surface area contributed by atoms with Crippen molar-refractivity contribution in [3.05, 3.63) is 0 Å². The highest BCUT2D eigenvalue weighted by Gasteiger charge is 2.27. The van der Waals surface area contributed by atoms with Gasteiger partial charge in [-0.2, -0.15) is 0 Å². The van der Waals surface area contributed by atoms with Gasteiger partial charge in [0.05, 0.1) is 5.71 Å². The van der Waals surface area contributed by atoms with Gasteiger partial charge in [-0.1, -0.05) is 5.16 Å². The molecule has 0 aromatic rings. The number of likely N-dealkylation sites (tertiary alicyclic amines) is 1. The molecular formula is C8H16N2O. The van der Waals surface area contributed by atoms with Gasteiger partial charge in [0, 0.05) is 25.0 Å². The molecular weight excluding hydrogens is 140 g/mol. The van der Waals surface area contributed by atoms with E-state index in [0.717, 1.165) is 25.2 Å². The van der Waals surface area contributed by atoms with E-state index in [0.29, 0.717) is 0 Å². The SMILES string of the molecule is CC(C)(C)N1CC/C(=N/O)C1. The fourth-order valence-corrected chi connectivity index (χ4v) is 1.30. The zero-order chi connectivity index (χ0) is 8.48. The lowest BCUT2D eigenvalue weighted by atomic mass is 10.1. The molecule has 1 aliphatic rings. The van der Waals surface area contributed by atoms with E-state index < -0.39 is 0 Å². The Morgan fingerprint density at radius 1 is 1.45 bits per heavy atom. The van der Waals surface area contributed by atoms with E-state index in [9.17, 15) is 0 Å². The Balaban J connectivity index is 2.55. The van der Waals surface area contributed by atoms with E-state index in [1.807, 2.05) is 0 Å². The average molecular weight is 156 g/mol. The molecule has 1 rings (SSSR count). The minimum atomic E-state index is 0.201. The van der Waals surface area contributed by atoms with Gasteiger partial charge in [-0.15, -0.1) is 0 Å². The smallest absolute Gasteiger partial charge is 0.0723 e. The number of rotatable bonds is 0. The Bertz CT molecular complexity index is 169. The number of nitrogens with zero attached hydrogens (tertiary/aromatic N) is 2. The van der Waals surface area contributed by atoms with Gasteiger partial charge in [0.25, 0.3) is 0 Å². The summed E-state index contributed by atoms with van der Waals surface area (Å²) in [5.74, 6) is 0. The predicted molar refractivity (Wildman–Crippen MR) is 45.2 cm³/mol. The van der Waals surface area contributed by atoms with E-state index in [4.69, 9.17) is 5.21 Å². The number of hydrogen-bond donors (Lipinski definition) is 1. The van der Waals surface area contributed by atoms with Crippen molar-refractivity contribution >= 4 is 5.71 Å². The number of oxime groups is 1. The van der Waals surface area contributed by atoms with Gasteiger partial charge in [0.2, 0.25) is 0 Å². The maximum atomic E-state index is 8.51. The highest BCUT2D eigenvalue weighted by molar-refractivity contribution is 5.87. The molecule has 11 heavy (non-hydrogen) atoms. The van der Waals surface area contributed by atoms with Crippen LogP contribution in [0.3, 0.4) is 0 Å². The summed E-state index contributed by atoms with van der Waals surface area (Å²) in [6.07, 6.45) is 0.910. The fraction of sp³-hybridized carbons (Fsp3) is 0.875. The van der Waals surface area contributed by atoms with Gasteiger partial charge in [0.15, 0.2) is 0 Å². The molecule has 0 unspecified atom stereocenters. The van der Waals surface area contributed by atoms with Crippen molar-refractivity contribution in [3.8, 4) is 0 Å². The Labute approximate surface area is 67.7 Å². The van der Waals surface area contributed by atoms with Crippen LogP contribution in [0, 0.1) is 0 Å². The van der Waals surface area contributed by atoms with E-state index >= 15 is 0 Å². The van der Waals surface area contributed by atoms with E-state index in [1.54, 1.807) is 0 Å². The van der Waals surface area contributed by atoms with Crippen LogP contribution in [0.15, 0.2) is 5.16 Å². The summed E-state index contributed by atoms with van der Waals surface area (Å²) < 4.78 is 0. The summed E-state index contributed by atoms with van der Waals surface area (Å²) in [7, 11) is 0. The lowest BCUT2D eigenvalue weighted by molar-refractivity contribution is 0.181. The number of hydrogen-bond acceptors (Lipinski definition) is 3. The van der Waals surface area contributed by atoms with Crippen LogP contribution < -0.4 is 0 Å². The van der Waals surface area contributed by atoms with Crippen molar-refractivity contribution in [2.75, 3.05) is 13.1 Å². The normalized spacial score (nSPS) is 24.8. The monoisotopic (exact) mass is 156 g/mol. The van der Waals surface area contributed by atoms with Crippen LogP contribution in [-0.4, -0.2) is 34.4 Å². The molecule has 3 heteroatoms. The maximum absolute atomic E-state index is 8.51. The molecule has 0 atom stereocenters. The van der Waals surface area contributed by atoms with Crippen molar-refractivity contribution in [3.63, 3.8) is 0 Å². The van der Waals surface area contributed by atoms with Crippen molar-refractivity contribution < 1.29 is 5.21 Å². The summed E-state index contributed by atoms with van der Waals surface area (Å²) in [5.41, 5.74) is 1.10. The lowest BCUT2D eigenvalue weighted by Gasteiger charge is -2.30. The Morgan fingerprint density at radius 2 is 2.09 bits per heavy atom. The zero-order valence-corrected chi connectivity index (χ0v) is 7.46. The van der Waals surface area contributed by atoms with Gasteiger partial charge in [0.1, 0.15) is 0 Å². The molecule has 0 bridgehead atoms. The van der Waals surface area contributed by atoms with Crippen LogP contribution in [0.1, 0.15) is 27.2 Å². The van der Waals surface area contributed by atoms with Crippen LogP contribution in [0.5, 0.6) is 0 Å². The molecule has 64 valence electrons. The summed E-state index contributed by atoms with van der Waals surface area (Å²) in [4.78, 5) is 2.31. The topological polar surface area (TPSA) is 35.8 Å². The minimum Gasteiger partial charge on any atom is -0.411 e. The molecule has 1 saturated heterocycles. The van der Waals surface area contributed by atoms with Gasteiger partial charge < -0.3 is 5.21 Å². The Kier molecular flexibility index (Phi) is 2.18. The molecule has 0 radical (unpaired) electrons. The second-order valence-electron chi connectivity index (χ2n) is 4.01. The minimum absolute atomic E-state index is 0.201. The third kappa shape index (κ3) is 1.93. The molecule has 0 amide bonds. The highest BCUT2D eigenvalue weighted by Crippen LogP contribution is 2.18. The van der Waals surface area contributed by atoms with Crippen molar-refractivity contribution in [2.24, 2.45) is 5.16 Å². The lowest BCUT2D eigenvalue weighted by Crippen LogP contribution is -2.39. The first-order valence-electron chi connectivity index (χ1n) is 3.99. The van der Waals surface area contributed by atoms with Gasteiger partial charge in [-0.05, 0) is 20.8 Å². The summed E-state index contributed by atoms with van der Waals surface area (Å²) >= 11 is 0. The fourth-order valence-electron chi connectivity index (χ4n) is 1.30. The van der Waals surface area contributed by atoms with Gasteiger partial charge in [-0.25, -0.2) is 0 Å². The molecule has 0 spiro atoms. The molecule has 1 N–H and O–H groups in total. The Hall–Kier alpha value is -0.570. The zero-order valence-electron chi connectivity index (χ0n) is 7.46. The largest absolute Gasteiger partial charge is 0.411 e. The van der Waals surface area contributed by atoms with E-state index in [1.165, 1.54) is 0 Å².